The van der Waals surface area contributed by atoms with Gasteiger partial charge in [-0.25, -0.2) is 9.37 Å². The lowest BCUT2D eigenvalue weighted by molar-refractivity contribution is -0.121. The lowest BCUT2D eigenvalue weighted by atomic mass is 9.78. The number of amides is 1. The number of hydrogen-bond donors (Lipinski definition) is 1. The van der Waals surface area contributed by atoms with E-state index in [-0.39, 0.29) is 11.7 Å². The fourth-order valence-corrected chi connectivity index (χ4v) is 5.25. The number of aromatic nitrogens is 1. The predicted octanol–water partition coefficient (Wildman–Crippen LogP) is 4.11. The van der Waals surface area contributed by atoms with Crippen LogP contribution in [-0.2, 0) is 23.2 Å². The normalized spacial score (nSPS) is 19.3. The molecule has 1 aromatic carbocycles. The van der Waals surface area contributed by atoms with Crippen LogP contribution in [0, 0.1) is 5.82 Å². The van der Waals surface area contributed by atoms with E-state index in [1.54, 1.807) is 17.4 Å². The van der Waals surface area contributed by atoms with E-state index in [4.69, 9.17) is 0 Å². The Balaban J connectivity index is 1.58. The van der Waals surface area contributed by atoms with Crippen LogP contribution in [0.4, 0.5) is 9.52 Å². The first kappa shape index (κ1) is 17.6. The molecule has 2 aromatic rings. The number of nitrogens with one attached hydrogen (secondary N) is 1. The van der Waals surface area contributed by atoms with E-state index in [0.29, 0.717) is 5.13 Å². The van der Waals surface area contributed by atoms with Gasteiger partial charge in [0, 0.05) is 24.4 Å². The number of halogens is 1. The van der Waals surface area contributed by atoms with Crippen LogP contribution in [0.25, 0.3) is 0 Å². The van der Waals surface area contributed by atoms with E-state index in [9.17, 15) is 9.18 Å². The molecule has 1 aliphatic carbocycles. The zero-order valence-corrected chi connectivity index (χ0v) is 15.9. The van der Waals surface area contributed by atoms with Gasteiger partial charge in [0.15, 0.2) is 5.13 Å². The molecule has 0 saturated heterocycles. The van der Waals surface area contributed by atoms with Crippen molar-refractivity contribution < 1.29 is 9.18 Å². The van der Waals surface area contributed by atoms with Crippen molar-refractivity contribution in [3.05, 3.63) is 46.2 Å². The third-order valence-corrected chi connectivity index (χ3v) is 6.74. The highest BCUT2D eigenvalue weighted by Gasteiger charge is 2.43. The van der Waals surface area contributed by atoms with Gasteiger partial charge in [0.2, 0.25) is 5.91 Å². The smallest absolute Gasteiger partial charge is 0.236 e. The van der Waals surface area contributed by atoms with Crippen molar-refractivity contribution in [2.45, 2.75) is 51.0 Å². The maximum atomic E-state index is 13.8. The fraction of sp³-hybridized carbons (Fsp3) is 0.500. The van der Waals surface area contributed by atoms with Gasteiger partial charge in [-0.1, -0.05) is 31.9 Å². The first-order chi connectivity index (χ1) is 12.6. The minimum Gasteiger partial charge on any atom is -0.301 e. The summed E-state index contributed by atoms with van der Waals surface area (Å²) in [5, 5.41) is 3.74. The molecular weight excluding hydrogens is 349 g/mol. The van der Waals surface area contributed by atoms with Crippen LogP contribution < -0.4 is 5.32 Å². The Bertz CT molecular complexity index is 813. The molecule has 138 valence electrons. The van der Waals surface area contributed by atoms with Crippen molar-refractivity contribution in [1.82, 2.24) is 9.88 Å². The molecule has 0 atom stereocenters. The van der Waals surface area contributed by atoms with Crippen molar-refractivity contribution >= 4 is 22.4 Å². The van der Waals surface area contributed by atoms with Gasteiger partial charge in [-0.2, -0.15) is 0 Å². The second kappa shape index (κ2) is 7.08. The molecule has 0 spiro atoms. The minimum absolute atomic E-state index is 0.0426. The third-order valence-electron chi connectivity index (χ3n) is 5.75. The van der Waals surface area contributed by atoms with Gasteiger partial charge in [0.25, 0.3) is 0 Å². The van der Waals surface area contributed by atoms with Gasteiger partial charge >= 0.3 is 0 Å². The quantitative estimate of drug-likeness (QED) is 0.877. The summed E-state index contributed by atoms with van der Waals surface area (Å²) in [6, 6.07) is 6.51. The van der Waals surface area contributed by atoms with E-state index >= 15 is 0 Å². The minimum atomic E-state index is -0.635. The number of rotatable bonds is 4. The average molecular weight is 373 g/mol. The molecule has 2 heterocycles. The summed E-state index contributed by atoms with van der Waals surface area (Å²) < 4.78 is 13.8. The fourth-order valence-electron chi connectivity index (χ4n) is 4.20. The predicted molar refractivity (Wildman–Crippen MR) is 102 cm³/mol. The average Bonchev–Trinajstić information content (AvgIpc) is 3.28. The molecule has 26 heavy (non-hydrogen) atoms. The molecule has 1 fully saturated rings. The van der Waals surface area contributed by atoms with Gasteiger partial charge in [-0.15, -0.1) is 11.3 Å². The number of thiazole rings is 1. The first-order valence-corrected chi connectivity index (χ1v) is 10.2. The number of likely N-dealkylation sites (N-methyl/N-ethyl adjacent to an activating group) is 1. The molecular formula is C20H24FN3OS. The molecule has 1 aromatic heterocycles. The highest BCUT2D eigenvalue weighted by Crippen LogP contribution is 2.42. The molecule has 6 heteroatoms. The van der Waals surface area contributed by atoms with Crippen LogP contribution >= 0.6 is 11.3 Å². The van der Waals surface area contributed by atoms with Gasteiger partial charge in [-0.3, -0.25) is 9.69 Å². The van der Waals surface area contributed by atoms with Crippen molar-refractivity contribution in [1.29, 1.82) is 0 Å². The summed E-state index contributed by atoms with van der Waals surface area (Å²) in [6.45, 7) is 5.13. The Morgan fingerprint density at radius 2 is 2.19 bits per heavy atom. The number of nitrogens with zero attached hydrogens (tertiary/aromatic N) is 2. The summed E-state index contributed by atoms with van der Waals surface area (Å²) in [7, 11) is 0. The molecule has 4 nitrogen and oxygen atoms in total. The summed E-state index contributed by atoms with van der Waals surface area (Å²) in [4.78, 5) is 21.5. The molecule has 0 unspecified atom stereocenters. The van der Waals surface area contributed by atoms with Gasteiger partial charge in [-0.05, 0) is 37.1 Å². The molecule has 2 aliphatic rings. The maximum Gasteiger partial charge on any atom is 0.236 e. The summed E-state index contributed by atoms with van der Waals surface area (Å²) in [6.07, 6.45) is 4.44. The Kier molecular flexibility index (Phi) is 4.80. The van der Waals surface area contributed by atoms with Crippen LogP contribution in [0.2, 0.25) is 0 Å². The number of carbonyl (C=O) groups excluding carboxylic acids is 1. The summed E-state index contributed by atoms with van der Waals surface area (Å²) in [5.74, 6) is -0.329. The van der Waals surface area contributed by atoms with Crippen LogP contribution in [0.1, 0.15) is 48.7 Å². The molecule has 1 amide bonds. The second-order valence-electron chi connectivity index (χ2n) is 7.26. The molecule has 1 N–H and O–H groups in total. The number of fused-ring (bicyclic) bond motifs is 1. The zero-order chi connectivity index (χ0) is 18.1. The standard InChI is InChI=1S/C20H24FN3OS/c1-2-24-11-8-16-17(13-24)26-19(22-16)23-18(25)20(9-3-4-10-20)14-6-5-7-15(21)12-14/h5-7,12H,2-4,8-11,13H2,1H3,(H,22,23,25). The monoisotopic (exact) mass is 373 g/mol. The Labute approximate surface area is 157 Å². The highest BCUT2D eigenvalue weighted by atomic mass is 32.1. The van der Waals surface area contributed by atoms with E-state index in [0.717, 1.165) is 63.0 Å². The van der Waals surface area contributed by atoms with Gasteiger partial charge in [0.05, 0.1) is 11.1 Å². The Morgan fingerprint density at radius 3 is 2.92 bits per heavy atom. The van der Waals surface area contributed by atoms with Crippen LogP contribution in [0.3, 0.4) is 0 Å². The number of benzene rings is 1. The summed E-state index contributed by atoms with van der Waals surface area (Å²) in [5.41, 5.74) is 1.26. The van der Waals surface area contributed by atoms with E-state index in [1.807, 2.05) is 6.07 Å². The SMILES string of the molecule is CCN1CCc2nc(NC(=O)C3(c4cccc(F)c4)CCCC3)sc2C1. The first-order valence-electron chi connectivity index (χ1n) is 9.39. The van der Waals surface area contributed by atoms with Crippen LogP contribution in [-0.4, -0.2) is 28.9 Å². The van der Waals surface area contributed by atoms with Gasteiger partial charge < -0.3 is 5.32 Å². The zero-order valence-electron chi connectivity index (χ0n) is 15.1. The van der Waals surface area contributed by atoms with Crippen molar-refractivity contribution in [2.24, 2.45) is 0 Å². The van der Waals surface area contributed by atoms with Crippen molar-refractivity contribution in [3.63, 3.8) is 0 Å². The molecule has 0 bridgehead atoms. The van der Waals surface area contributed by atoms with Crippen LogP contribution in [0.5, 0.6) is 0 Å². The number of anilines is 1. The molecule has 0 radical (unpaired) electrons. The third kappa shape index (κ3) is 3.16. The van der Waals surface area contributed by atoms with Crippen LogP contribution in [0.15, 0.2) is 24.3 Å². The lowest BCUT2D eigenvalue weighted by Gasteiger charge is -2.27. The summed E-state index contributed by atoms with van der Waals surface area (Å²) >= 11 is 1.58. The number of carbonyl (C=O) groups is 1. The van der Waals surface area contributed by atoms with E-state index in [1.165, 1.54) is 17.0 Å². The molecule has 1 aliphatic heterocycles. The van der Waals surface area contributed by atoms with Crippen molar-refractivity contribution in [2.75, 3.05) is 18.4 Å². The highest BCUT2D eigenvalue weighted by molar-refractivity contribution is 7.15. The lowest BCUT2D eigenvalue weighted by Crippen LogP contribution is -2.38. The second-order valence-corrected chi connectivity index (χ2v) is 8.34. The van der Waals surface area contributed by atoms with Gasteiger partial charge in [0.1, 0.15) is 5.82 Å². The van der Waals surface area contributed by atoms with E-state index in [2.05, 4.69) is 22.1 Å². The maximum absolute atomic E-state index is 13.8. The topological polar surface area (TPSA) is 45.2 Å². The molecule has 1 saturated carbocycles. The molecule has 4 rings (SSSR count). The Hall–Kier alpha value is -1.79. The van der Waals surface area contributed by atoms with E-state index < -0.39 is 5.41 Å². The largest absolute Gasteiger partial charge is 0.301 e. The van der Waals surface area contributed by atoms with Crippen molar-refractivity contribution in [3.8, 4) is 0 Å². The Morgan fingerprint density at radius 1 is 1.38 bits per heavy atom. The number of hydrogen-bond acceptors (Lipinski definition) is 4.